The number of halogens is 2. The molecule has 2 aromatic rings. The van der Waals surface area contributed by atoms with Gasteiger partial charge < -0.3 is 15.2 Å². The van der Waals surface area contributed by atoms with Crippen LogP contribution in [0.3, 0.4) is 0 Å². The summed E-state index contributed by atoms with van der Waals surface area (Å²) in [6.07, 6.45) is 32.9. The Hall–Kier alpha value is -4.85. The lowest BCUT2D eigenvalue weighted by atomic mass is 10.0. The fourth-order valence-corrected chi connectivity index (χ4v) is 4.07. The highest BCUT2D eigenvalue weighted by Crippen LogP contribution is 2.29. The van der Waals surface area contributed by atoms with Crippen molar-refractivity contribution in [1.29, 1.82) is 0 Å². The summed E-state index contributed by atoms with van der Waals surface area (Å²) in [5.41, 5.74) is -0.211. The molecule has 0 fully saturated rings. The van der Waals surface area contributed by atoms with Gasteiger partial charge in [-0.2, -0.15) is 0 Å². The van der Waals surface area contributed by atoms with Crippen molar-refractivity contribution in [1.82, 2.24) is 5.32 Å². The van der Waals surface area contributed by atoms with Crippen LogP contribution in [0, 0.1) is 11.6 Å². The first-order valence-corrected chi connectivity index (χ1v) is 15.5. The summed E-state index contributed by atoms with van der Waals surface area (Å²) in [5.74, 6) is -4.50. The Kier molecular flexibility index (Phi) is 18.4. The van der Waals surface area contributed by atoms with E-state index in [-0.39, 0.29) is 34.8 Å². The first kappa shape index (κ1) is 37.3. The molecule has 0 saturated heterocycles. The van der Waals surface area contributed by atoms with Gasteiger partial charge >= 0.3 is 11.9 Å². The molecule has 0 radical (unpaired) electrons. The quantitative estimate of drug-likeness (QED) is 0.0864. The van der Waals surface area contributed by atoms with E-state index in [0.717, 1.165) is 50.7 Å². The summed E-state index contributed by atoms with van der Waals surface area (Å²) in [6, 6.07) is 6.63. The molecular weight excluding hydrogens is 588 g/mol. The Morgan fingerprint density at radius 3 is 1.80 bits per heavy atom. The maximum atomic E-state index is 14.1. The van der Waals surface area contributed by atoms with Gasteiger partial charge in [-0.1, -0.05) is 92.3 Å². The van der Waals surface area contributed by atoms with E-state index in [1.807, 2.05) is 12.2 Å². The van der Waals surface area contributed by atoms with Crippen LogP contribution >= 0.6 is 0 Å². The highest BCUT2D eigenvalue weighted by molar-refractivity contribution is 5.94. The summed E-state index contributed by atoms with van der Waals surface area (Å²) in [5, 5.41) is 12.0. The number of carbonyl (C=O) groups excluding carboxylic acids is 2. The smallest absolute Gasteiger partial charge is 0.339 e. The first-order chi connectivity index (χ1) is 22.3. The van der Waals surface area contributed by atoms with E-state index in [1.165, 1.54) is 24.6 Å². The predicted molar refractivity (Wildman–Crippen MR) is 179 cm³/mol. The van der Waals surface area contributed by atoms with E-state index >= 15 is 0 Å². The number of hydrogen-bond donors (Lipinski definition) is 2. The molecule has 0 atom stereocenters. The lowest BCUT2D eigenvalue weighted by Crippen LogP contribution is -2.31. The Morgan fingerprint density at radius 1 is 0.739 bits per heavy atom. The molecule has 244 valence electrons. The third kappa shape index (κ3) is 15.7. The second-order valence-electron chi connectivity index (χ2n) is 10.2. The molecule has 0 aliphatic rings. The van der Waals surface area contributed by atoms with Gasteiger partial charge in [-0.05, 0) is 74.8 Å². The van der Waals surface area contributed by atoms with Gasteiger partial charge in [-0.15, -0.1) is 0 Å². The number of ether oxygens (including phenoxy) is 1. The number of aromatic carboxylic acids is 1. The summed E-state index contributed by atoms with van der Waals surface area (Å²) in [6.45, 7) is 1.73. The van der Waals surface area contributed by atoms with Crippen LogP contribution in [-0.2, 0) is 9.59 Å². The van der Waals surface area contributed by atoms with E-state index in [1.54, 1.807) is 0 Å². The Labute approximate surface area is 270 Å². The Morgan fingerprint density at radius 2 is 1.28 bits per heavy atom. The van der Waals surface area contributed by atoms with Crippen molar-refractivity contribution in [3.63, 3.8) is 0 Å². The second kappa shape index (κ2) is 22.6. The van der Waals surface area contributed by atoms with Crippen LogP contribution in [-0.4, -0.2) is 29.5 Å². The minimum Gasteiger partial charge on any atom is -0.478 e. The monoisotopic (exact) mass is 631 g/mol. The number of carboxylic acids is 1. The maximum Gasteiger partial charge on any atom is 0.339 e. The van der Waals surface area contributed by atoms with Crippen LogP contribution in [0.25, 0.3) is 11.1 Å². The number of hydrogen-bond acceptors (Lipinski definition) is 4. The van der Waals surface area contributed by atoms with Crippen LogP contribution < -0.4 is 10.1 Å². The largest absolute Gasteiger partial charge is 0.478 e. The molecule has 1 amide bonds. The molecule has 46 heavy (non-hydrogen) atoms. The number of nitrogens with one attached hydrogen (secondary N) is 1. The lowest BCUT2D eigenvalue weighted by Gasteiger charge is -2.11. The van der Waals surface area contributed by atoms with Crippen molar-refractivity contribution >= 4 is 17.8 Å². The zero-order valence-electron chi connectivity index (χ0n) is 26.3. The van der Waals surface area contributed by atoms with Crippen molar-refractivity contribution in [2.45, 2.75) is 64.7 Å². The zero-order chi connectivity index (χ0) is 33.4. The zero-order valence-corrected chi connectivity index (χ0v) is 26.3. The molecule has 2 aromatic carbocycles. The standard InChI is InChI=1S/C38H43F2NO5/c1-2-3-4-5-6-7-8-9-10-11-12-13-14-15-16-17-18-19-20-21-22-36(42)41-29-37(43)46-35-26-23-30(27-33(35)38(44)45)32-25-24-31(39)28-34(32)40/h4-5,7-8,10-11,13-14,16-17,19-20,23-28H,2-3,6,9,12,15,18,21-22,29H2,1H3,(H,41,42)(H,44,45)/b5-4-,8-7-,11-10-,14-13-,17-16-,20-19-. The fraction of sp³-hybridized carbons (Fsp3) is 0.289. The minimum atomic E-state index is -1.40. The number of carbonyl (C=O) groups is 3. The molecule has 0 aromatic heterocycles. The predicted octanol–water partition coefficient (Wildman–Crippen LogP) is 9.22. The number of allylic oxidation sites excluding steroid dienone is 12. The number of benzene rings is 2. The third-order valence-corrected chi connectivity index (χ3v) is 6.46. The van der Waals surface area contributed by atoms with Gasteiger partial charge in [0.1, 0.15) is 29.5 Å². The van der Waals surface area contributed by atoms with Gasteiger partial charge in [0.25, 0.3) is 0 Å². The van der Waals surface area contributed by atoms with Gasteiger partial charge in [0.05, 0.1) is 0 Å². The van der Waals surface area contributed by atoms with Crippen LogP contribution in [0.15, 0.2) is 109 Å². The lowest BCUT2D eigenvalue weighted by molar-refractivity contribution is -0.135. The molecule has 6 nitrogen and oxygen atoms in total. The molecule has 2 N–H and O–H groups in total. The van der Waals surface area contributed by atoms with Crippen molar-refractivity contribution in [2.24, 2.45) is 0 Å². The Bertz CT molecular complexity index is 1450. The molecule has 0 saturated carbocycles. The topological polar surface area (TPSA) is 92.7 Å². The van der Waals surface area contributed by atoms with Gasteiger partial charge in [-0.3, -0.25) is 4.79 Å². The SMILES string of the molecule is CCC/C=C\C/C=C\C/C=C\C/C=C\C/C=C\C/C=C\CCC(=O)NCC(=O)Oc1ccc(-c2ccc(F)cc2F)cc1C(=O)O. The van der Waals surface area contributed by atoms with Gasteiger partial charge in [0.15, 0.2) is 0 Å². The maximum absolute atomic E-state index is 14.1. The van der Waals surface area contributed by atoms with E-state index in [2.05, 4.69) is 73.0 Å². The van der Waals surface area contributed by atoms with E-state index in [4.69, 9.17) is 4.74 Å². The van der Waals surface area contributed by atoms with Gasteiger partial charge in [0, 0.05) is 18.1 Å². The fourth-order valence-electron chi connectivity index (χ4n) is 4.07. The van der Waals surface area contributed by atoms with Crippen molar-refractivity contribution in [2.75, 3.05) is 6.54 Å². The summed E-state index contributed by atoms with van der Waals surface area (Å²) in [4.78, 5) is 36.0. The molecule has 0 aliphatic heterocycles. The van der Waals surface area contributed by atoms with E-state index in [9.17, 15) is 28.3 Å². The molecule has 0 heterocycles. The van der Waals surface area contributed by atoms with Crippen LogP contribution in [0.1, 0.15) is 75.1 Å². The molecule has 0 unspecified atom stereocenters. The van der Waals surface area contributed by atoms with E-state index in [0.29, 0.717) is 12.5 Å². The molecule has 2 rings (SSSR count). The number of unbranched alkanes of at least 4 members (excludes halogenated alkanes) is 1. The first-order valence-electron chi connectivity index (χ1n) is 15.5. The average Bonchev–Trinajstić information content (AvgIpc) is 3.03. The summed E-state index contributed by atoms with van der Waals surface area (Å²) in [7, 11) is 0. The second-order valence-corrected chi connectivity index (χ2v) is 10.2. The average molecular weight is 632 g/mol. The van der Waals surface area contributed by atoms with Crippen LogP contribution in [0.4, 0.5) is 8.78 Å². The number of esters is 1. The molecule has 0 bridgehead atoms. The third-order valence-electron chi connectivity index (χ3n) is 6.46. The van der Waals surface area contributed by atoms with Crippen molar-refractivity contribution < 1.29 is 33.0 Å². The van der Waals surface area contributed by atoms with Crippen LogP contribution in [0.2, 0.25) is 0 Å². The van der Waals surface area contributed by atoms with Gasteiger partial charge in [-0.25, -0.2) is 18.4 Å². The molecule has 8 heteroatoms. The number of carboxylic acid groups (broad SMARTS) is 1. The van der Waals surface area contributed by atoms with Crippen molar-refractivity contribution in [3.8, 4) is 16.9 Å². The summed E-state index contributed by atoms with van der Waals surface area (Å²) < 4.78 is 32.5. The van der Waals surface area contributed by atoms with E-state index < -0.39 is 30.1 Å². The highest BCUT2D eigenvalue weighted by Gasteiger charge is 2.18. The normalized spacial score (nSPS) is 12.1. The number of amides is 1. The molecule has 0 aliphatic carbocycles. The van der Waals surface area contributed by atoms with Gasteiger partial charge in [0.2, 0.25) is 5.91 Å². The Balaban J connectivity index is 1.61. The minimum absolute atomic E-state index is 0.00356. The molecule has 0 spiro atoms. The highest BCUT2D eigenvalue weighted by atomic mass is 19.1. The number of rotatable bonds is 20. The van der Waals surface area contributed by atoms with Crippen LogP contribution in [0.5, 0.6) is 5.75 Å². The van der Waals surface area contributed by atoms with Crippen molar-refractivity contribution in [3.05, 3.63) is 127 Å². The summed E-state index contributed by atoms with van der Waals surface area (Å²) >= 11 is 0. The molecular formula is C38H43F2NO5.